The molecule has 0 bridgehead atoms. The second-order valence-corrected chi connectivity index (χ2v) is 6.35. The number of primary amides is 1. The molecule has 2 N–H and O–H groups in total. The standard InChI is InChI=1S/C18H20FN3O3/c19-15-4-1-13(2-5-15)18-14(10-21-25-18)3-6-17(24)22-8-7-12(11-22)9-16(20)23/h1-2,4-5,10,12H,3,6-9,11H2,(H2,20,23). The van der Waals surface area contributed by atoms with E-state index < -0.39 is 0 Å². The normalized spacial score (nSPS) is 17.0. The number of carbonyl (C=O) groups is 2. The number of aryl methyl sites for hydroxylation is 1. The van der Waals surface area contributed by atoms with Gasteiger partial charge >= 0.3 is 0 Å². The van der Waals surface area contributed by atoms with E-state index >= 15 is 0 Å². The highest BCUT2D eigenvalue weighted by Crippen LogP contribution is 2.26. The van der Waals surface area contributed by atoms with Gasteiger partial charge in [0, 0.05) is 37.1 Å². The number of halogens is 1. The number of hydrogen-bond acceptors (Lipinski definition) is 4. The fourth-order valence-electron chi connectivity index (χ4n) is 3.19. The van der Waals surface area contributed by atoms with E-state index in [1.165, 1.54) is 12.1 Å². The number of aromatic nitrogens is 1. The van der Waals surface area contributed by atoms with Gasteiger partial charge < -0.3 is 15.2 Å². The SMILES string of the molecule is NC(=O)CC1CCN(C(=O)CCc2cnoc2-c2ccc(F)cc2)C1. The molecular formula is C18H20FN3O3. The zero-order valence-electron chi connectivity index (χ0n) is 13.8. The summed E-state index contributed by atoms with van der Waals surface area (Å²) < 4.78 is 18.3. The molecule has 7 heteroatoms. The quantitative estimate of drug-likeness (QED) is 0.868. The molecule has 1 aromatic carbocycles. The smallest absolute Gasteiger partial charge is 0.222 e. The van der Waals surface area contributed by atoms with Gasteiger partial charge in [-0.1, -0.05) is 5.16 Å². The van der Waals surface area contributed by atoms with Gasteiger partial charge in [0.15, 0.2) is 5.76 Å². The lowest BCUT2D eigenvalue weighted by molar-refractivity contribution is -0.130. The molecule has 0 radical (unpaired) electrons. The van der Waals surface area contributed by atoms with Crippen LogP contribution in [0, 0.1) is 11.7 Å². The Morgan fingerprint density at radius 1 is 1.32 bits per heavy atom. The molecule has 1 fully saturated rings. The Hall–Kier alpha value is -2.70. The number of rotatable bonds is 6. The Labute approximate surface area is 144 Å². The molecule has 3 rings (SSSR count). The molecule has 6 nitrogen and oxygen atoms in total. The van der Waals surface area contributed by atoms with Crippen molar-refractivity contribution in [3.05, 3.63) is 41.8 Å². The lowest BCUT2D eigenvalue weighted by Gasteiger charge is -2.16. The highest BCUT2D eigenvalue weighted by atomic mass is 19.1. The highest BCUT2D eigenvalue weighted by Gasteiger charge is 2.27. The van der Waals surface area contributed by atoms with Crippen molar-refractivity contribution in [3.8, 4) is 11.3 Å². The van der Waals surface area contributed by atoms with E-state index in [0.717, 1.165) is 17.5 Å². The zero-order valence-corrected chi connectivity index (χ0v) is 13.8. The fraction of sp³-hybridized carbons (Fsp3) is 0.389. The monoisotopic (exact) mass is 345 g/mol. The molecule has 2 heterocycles. The number of nitrogens with two attached hydrogens (primary N) is 1. The molecule has 0 spiro atoms. The number of carbonyl (C=O) groups excluding carboxylic acids is 2. The van der Waals surface area contributed by atoms with E-state index in [1.54, 1.807) is 23.2 Å². The zero-order chi connectivity index (χ0) is 17.8. The van der Waals surface area contributed by atoms with Crippen LogP contribution in [0.4, 0.5) is 4.39 Å². The third-order valence-electron chi connectivity index (χ3n) is 4.49. The minimum absolute atomic E-state index is 0.0400. The Bertz CT molecular complexity index is 757. The van der Waals surface area contributed by atoms with Crippen molar-refractivity contribution in [2.45, 2.75) is 25.7 Å². The van der Waals surface area contributed by atoms with Crippen molar-refractivity contribution < 1.29 is 18.5 Å². The van der Waals surface area contributed by atoms with Crippen LogP contribution in [0.5, 0.6) is 0 Å². The molecule has 0 aliphatic carbocycles. The van der Waals surface area contributed by atoms with Gasteiger partial charge in [-0.25, -0.2) is 4.39 Å². The summed E-state index contributed by atoms with van der Waals surface area (Å²) in [4.78, 5) is 25.1. The van der Waals surface area contributed by atoms with Gasteiger partial charge in [0.25, 0.3) is 0 Å². The minimum atomic E-state index is -0.326. The van der Waals surface area contributed by atoms with Gasteiger partial charge in [0.1, 0.15) is 5.82 Å². The molecule has 1 aliphatic heterocycles. The summed E-state index contributed by atoms with van der Waals surface area (Å²) in [5.41, 5.74) is 6.75. The van der Waals surface area contributed by atoms with Gasteiger partial charge in [0.2, 0.25) is 11.8 Å². The Kier molecular flexibility index (Phi) is 5.11. The van der Waals surface area contributed by atoms with Crippen molar-refractivity contribution in [1.29, 1.82) is 0 Å². The van der Waals surface area contributed by atoms with Gasteiger partial charge in [-0.05, 0) is 43.0 Å². The van der Waals surface area contributed by atoms with Crippen LogP contribution in [-0.4, -0.2) is 35.0 Å². The van der Waals surface area contributed by atoms with E-state index in [2.05, 4.69) is 5.16 Å². The summed E-state index contributed by atoms with van der Waals surface area (Å²) in [5.74, 6) is 0.109. The predicted octanol–water partition coefficient (Wildman–Crippen LogP) is 2.14. The lowest BCUT2D eigenvalue weighted by Crippen LogP contribution is -2.29. The summed E-state index contributed by atoms with van der Waals surface area (Å²) >= 11 is 0. The molecule has 25 heavy (non-hydrogen) atoms. The first-order chi connectivity index (χ1) is 12.0. The summed E-state index contributed by atoms with van der Waals surface area (Å²) in [6.45, 7) is 1.24. The second kappa shape index (κ2) is 7.46. The van der Waals surface area contributed by atoms with Crippen molar-refractivity contribution in [1.82, 2.24) is 10.1 Å². The highest BCUT2D eigenvalue weighted by molar-refractivity contribution is 5.78. The van der Waals surface area contributed by atoms with Gasteiger partial charge in [-0.2, -0.15) is 0 Å². The first kappa shape index (κ1) is 17.1. The summed E-state index contributed by atoms with van der Waals surface area (Å²) in [5, 5.41) is 3.80. The van der Waals surface area contributed by atoms with Crippen LogP contribution in [0.15, 0.2) is 35.0 Å². The van der Waals surface area contributed by atoms with E-state index in [-0.39, 0.29) is 23.5 Å². The van der Waals surface area contributed by atoms with Gasteiger partial charge in [0.05, 0.1) is 6.20 Å². The average Bonchev–Trinajstić information content (AvgIpc) is 3.22. The molecule has 1 unspecified atom stereocenters. The number of benzene rings is 1. The molecule has 1 atom stereocenters. The summed E-state index contributed by atoms with van der Waals surface area (Å²) in [6, 6.07) is 5.96. The van der Waals surface area contributed by atoms with Crippen LogP contribution < -0.4 is 5.73 Å². The minimum Gasteiger partial charge on any atom is -0.370 e. The first-order valence-corrected chi connectivity index (χ1v) is 8.28. The van der Waals surface area contributed by atoms with Gasteiger partial charge in [-0.3, -0.25) is 9.59 Å². The van der Waals surface area contributed by atoms with Crippen molar-refractivity contribution >= 4 is 11.8 Å². The molecule has 1 aliphatic rings. The maximum absolute atomic E-state index is 13.0. The molecule has 1 aromatic heterocycles. The van der Waals surface area contributed by atoms with Crippen LogP contribution in [0.25, 0.3) is 11.3 Å². The van der Waals surface area contributed by atoms with Crippen molar-refractivity contribution in [2.75, 3.05) is 13.1 Å². The van der Waals surface area contributed by atoms with E-state index in [4.69, 9.17) is 10.3 Å². The topological polar surface area (TPSA) is 89.4 Å². The Balaban J connectivity index is 1.58. The van der Waals surface area contributed by atoms with E-state index in [0.29, 0.717) is 38.1 Å². The maximum atomic E-state index is 13.0. The Morgan fingerprint density at radius 3 is 2.80 bits per heavy atom. The maximum Gasteiger partial charge on any atom is 0.222 e. The van der Waals surface area contributed by atoms with Crippen molar-refractivity contribution in [2.24, 2.45) is 11.7 Å². The number of hydrogen-bond donors (Lipinski definition) is 1. The molecular weight excluding hydrogens is 325 g/mol. The van der Waals surface area contributed by atoms with Crippen LogP contribution >= 0.6 is 0 Å². The third kappa shape index (κ3) is 4.23. The van der Waals surface area contributed by atoms with Crippen molar-refractivity contribution in [3.63, 3.8) is 0 Å². The fourth-order valence-corrected chi connectivity index (χ4v) is 3.19. The van der Waals surface area contributed by atoms with Gasteiger partial charge in [-0.15, -0.1) is 0 Å². The number of amides is 2. The average molecular weight is 345 g/mol. The molecule has 1 saturated heterocycles. The van der Waals surface area contributed by atoms with Crippen LogP contribution in [0.2, 0.25) is 0 Å². The molecule has 2 aromatic rings. The first-order valence-electron chi connectivity index (χ1n) is 8.28. The molecule has 132 valence electrons. The number of nitrogens with zero attached hydrogens (tertiary/aromatic N) is 2. The Morgan fingerprint density at radius 2 is 2.08 bits per heavy atom. The summed E-state index contributed by atoms with van der Waals surface area (Å²) in [7, 11) is 0. The van der Waals surface area contributed by atoms with Crippen LogP contribution in [-0.2, 0) is 16.0 Å². The molecule has 0 saturated carbocycles. The third-order valence-corrected chi connectivity index (χ3v) is 4.49. The largest absolute Gasteiger partial charge is 0.370 e. The van der Waals surface area contributed by atoms with Crippen LogP contribution in [0.1, 0.15) is 24.8 Å². The summed E-state index contributed by atoms with van der Waals surface area (Å²) in [6.07, 6.45) is 3.55. The second-order valence-electron chi connectivity index (χ2n) is 6.35. The number of likely N-dealkylation sites (tertiary alicyclic amines) is 1. The van der Waals surface area contributed by atoms with E-state index in [1.807, 2.05) is 0 Å². The lowest BCUT2D eigenvalue weighted by atomic mass is 10.0. The van der Waals surface area contributed by atoms with E-state index in [9.17, 15) is 14.0 Å². The van der Waals surface area contributed by atoms with Crippen LogP contribution in [0.3, 0.4) is 0 Å². The molecule has 2 amide bonds. The predicted molar refractivity (Wildman–Crippen MR) is 88.7 cm³/mol.